The van der Waals surface area contributed by atoms with Gasteiger partial charge in [0.1, 0.15) is 0 Å². The van der Waals surface area contributed by atoms with Crippen LogP contribution in [0.2, 0.25) is 5.22 Å². The largest absolute Gasteiger partial charge is 0.438 e. The molecule has 3 nitrogen and oxygen atoms in total. The van der Waals surface area contributed by atoms with Gasteiger partial charge in [-0.05, 0) is 46.8 Å². The maximum atomic E-state index is 11.9. The lowest BCUT2D eigenvalue weighted by Crippen LogP contribution is -2.35. The number of carbonyl (C=O) groups excluding carboxylic acids is 1. The van der Waals surface area contributed by atoms with Crippen molar-refractivity contribution in [2.24, 2.45) is 0 Å². The number of amides is 1. The fourth-order valence-corrected chi connectivity index (χ4v) is 2.13. The molecule has 0 spiro atoms. The van der Waals surface area contributed by atoms with E-state index in [0.717, 1.165) is 25.9 Å². The van der Waals surface area contributed by atoms with Crippen molar-refractivity contribution < 1.29 is 9.21 Å². The molecule has 1 fully saturated rings. The first kappa shape index (κ1) is 11.0. The van der Waals surface area contributed by atoms with Crippen LogP contribution in [-0.2, 0) is 0 Å². The van der Waals surface area contributed by atoms with Crippen LogP contribution in [0.5, 0.6) is 0 Å². The molecule has 15 heavy (non-hydrogen) atoms. The van der Waals surface area contributed by atoms with Crippen LogP contribution in [0, 0.1) is 0 Å². The molecule has 0 unspecified atom stereocenters. The van der Waals surface area contributed by atoms with Gasteiger partial charge in [-0.2, -0.15) is 0 Å². The number of hydrogen-bond donors (Lipinski definition) is 0. The predicted octanol–water partition coefficient (Wildman–Crippen LogP) is 3.32. The summed E-state index contributed by atoms with van der Waals surface area (Å²) in [4.78, 5) is 13.7. The summed E-state index contributed by atoms with van der Waals surface area (Å²) < 4.78 is 5.79. The molecule has 2 rings (SSSR count). The van der Waals surface area contributed by atoms with Gasteiger partial charge in [0.25, 0.3) is 5.91 Å². The van der Waals surface area contributed by atoms with E-state index in [-0.39, 0.29) is 11.1 Å². The van der Waals surface area contributed by atoms with Gasteiger partial charge in [0.15, 0.2) is 5.76 Å². The van der Waals surface area contributed by atoms with Gasteiger partial charge in [-0.25, -0.2) is 0 Å². The second-order valence-corrected chi connectivity index (χ2v) is 4.78. The lowest BCUT2D eigenvalue weighted by molar-refractivity contribution is 0.0692. The molecular weight excluding hydrogens is 281 g/mol. The first-order valence-corrected chi connectivity index (χ1v) is 6.09. The van der Waals surface area contributed by atoms with Crippen molar-refractivity contribution in [3.05, 3.63) is 21.5 Å². The highest BCUT2D eigenvalue weighted by molar-refractivity contribution is 9.10. The van der Waals surface area contributed by atoms with Crippen molar-refractivity contribution in [2.75, 3.05) is 13.1 Å². The molecule has 1 aliphatic rings. The highest BCUT2D eigenvalue weighted by Gasteiger charge is 2.22. The van der Waals surface area contributed by atoms with Gasteiger partial charge in [0.2, 0.25) is 5.22 Å². The van der Waals surface area contributed by atoms with Gasteiger partial charge >= 0.3 is 0 Å². The Morgan fingerprint density at radius 1 is 1.40 bits per heavy atom. The highest BCUT2D eigenvalue weighted by atomic mass is 79.9. The number of carbonyl (C=O) groups is 1. The topological polar surface area (TPSA) is 33.5 Å². The second kappa shape index (κ2) is 4.58. The molecule has 1 saturated heterocycles. The van der Waals surface area contributed by atoms with Gasteiger partial charge < -0.3 is 9.32 Å². The molecule has 1 aliphatic heterocycles. The molecule has 1 aromatic heterocycles. The maximum absolute atomic E-state index is 11.9. The number of hydrogen-bond acceptors (Lipinski definition) is 2. The van der Waals surface area contributed by atoms with E-state index in [1.54, 1.807) is 6.07 Å². The minimum Gasteiger partial charge on any atom is -0.438 e. The van der Waals surface area contributed by atoms with Crippen LogP contribution in [0.3, 0.4) is 0 Å². The maximum Gasteiger partial charge on any atom is 0.289 e. The number of furan rings is 1. The number of halogens is 2. The van der Waals surface area contributed by atoms with Crippen molar-refractivity contribution in [3.63, 3.8) is 0 Å². The molecular formula is C10H11BrClNO2. The Hall–Kier alpha value is -0.480. The van der Waals surface area contributed by atoms with Gasteiger partial charge in [-0.1, -0.05) is 0 Å². The lowest BCUT2D eigenvalue weighted by atomic mass is 10.1. The number of rotatable bonds is 1. The zero-order chi connectivity index (χ0) is 10.8. The number of nitrogens with zero attached hydrogens (tertiary/aromatic N) is 1. The lowest BCUT2D eigenvalue weighted by Gasteiger charge is -2.25. The Balaban J connectivity index is 2.12. The van der Waals surface area contributed by atoms with Gasteiger partial charge in [0, 0.05) is 19.2 Å². The van der Waals surface area contributed by atoms with Gasteiger partial charge in [0.05, 0.1) is 4.47 Å². The monoisotopic (exact) mass is 291 g/mol. The Labute approximate surface area is 102 Å². The van der Waals surface area contributed by atoms with E-state index in [4.69, 9.17) is 16.0 Å². The van der Waals surface area contributed by atoms with Crippen LogP contribution >= 0.6 is 27.5 Å². The first-order chi connectivity index (χ1) is 7.18. The number of piperidine rings is 1. The standard InChI is InChI=1S/C10H11BrClNO2/c11-7-6-8(15-9(7)12)10(14)13-4-2-1-3-5-13/h6H,1-5H2. The van der Waals surface area contributed by atoms with Crippen LogP contribution in [0.25, 0.3) is 0 Å². The van der Waals surface area contributed by atoms with Crippen LogP contribution < -0.4 is 0 Å². The van der Waals surface area contributed by atoms with E-state index >= 15 is 0 Å². The van der Waals surface area contributed by atoms with E-state index in [9.17, 15) is 4.79 Å². The van der Waals surface area contributed by atoms with Crippen LogP contribution in [0.1, 0.15) is 29.8 Å². The fourth-order valence-electron chi connectivity index (χ4n) is 1.70. The molecule has 5 heteroatoms. The number of likely N-dealkylation sites (tertiary alicyclic amines) is 1. The molecule has 0 aromatic carbocycles. The van der Waals surface area contributed by atoms with Crippen LogP contribution in [0.4, 0.5) is 0 Å². The summed E-state index contributed by atoms with van der Waals surface area (Å²) in [5, 5.41) is 0.232. The molecule has 0 aliphatic carbocycles. The SMILES string of the molecule is O=C(c1cc(Br)c(Cl)o1)N1CCCCC1. The van der Waals surface area contributed by atoms with Crippen molar-refractivity contribution in [1.29, 1.82) is 0 Å². The zero-order valence-corrected chi connectivity index (χ0v) is 10.5. The molecule has 0 N–H and O–H groups in total. The minimum absolute atomic E-state index is 0.0673. The first-order valence-electron chi connectivity index (χ1n) is 4.92. The van der Waals surface area contributed by atoms with Crippen molar-refractivity contribution in [2.45, 2.75) is 19.3 Å². The molecule has 0 saturated carbocycles. The highest BCUT2D eigenvalue weighted by Crippen LogP contribution is 2.27. The third-order valence-corrected chi connectivity index (χ3v) is 3.60. The van der Waals surface area contributed by atoms with Crippen LogP contribution in [-0.4, -0.2) is 23.9 Å². The quantitative estimate of drug-likeness (QED) is 0.795. The Morgan fingerprint density at radius 2 is 2.07 bits per heavy atom. The van der Waals surface area contributed by atoms with Crippen molar-refractivity contribution in [3.8, 4) is 0 Å². The van der Waals surface area contributed by atoms with E-state index < -0.39 is 0 Å². The normalized spacial score (nSPS) is 16.8. The van der Waals surface area contributed by atoms with Gasteiger partial charge in [-0.15, -0.1) is 0 Å². The summed E-state index contributed by atoms with van der Waals surface area (Å²) in [6.45, 7) is 1.63. The average molecular weight is 293 g/mol. The molecule has 0 atom stereocenters. The van der Waals surface area contributed by atoms with E-state index in [0.29, 0.717) is 10.2 Å². The smallest absolute Gasteiger partial charge is 0.289 e. The zero-order valence-electron chi connectivity index (χ0n) is 8.13. The average Bonchev–Trinajstić information content (AvgIpc) is 2.59. The minimum atomic E-state index is -0.0673. The Kier molecular flexibility index (Phi) is 3.36. The summed E-state index contributed by atoms with van der Waals surface area (Å²) in [6, 6.07) is 1.62. The van der Waals surface area contributed by atoms with Crippen molar-refractivity contribution in [1.82, 2.24) is 4.90 Å². The summed E-state index contributed by atoms with van der Waals surface area (Å²) in [6.07, 6.45) is 3.34. The summed E-state index contributed by atoms with van der Waals surface area (Å²) in [5.41, 5.74) is 0. The third kappa shape index (κ3) is 2.37. The molecule has 1 amide bonds. The fraction of sp³-hybridized carbons (Fsp3) is 0.500. The summed E-state index contributed by atoms with van der Waals surface area (Å²) in [5.74, 6) is 0.246. The second-order valence-electron chi connectivity index (χ2n) is 3.59. The molecule has 82 valence electrons. The van der Waals surface area contributed by atoms with Gasteiger partial charge in [-0.3, -0.25) is 4.79 Å². The summed E-state index contributed by atoms with van der Waals surface area (Å²) in [7, 11) is 0. The molecule has 0 radical (unpaired) electrons. The Morgan fingerprint density at radius 3 is 2.60 bits per heavy atom. The van der Waals surface area contributed by atoms with Crippen LogP contribution in [0.15, 0.2) is 15.0 Å². The predicted molar refractivity (Wildman–Crippen MR) is 61.2 cm³/mol. The third-order valence-electron chi connectivity index (χ3n) is 2.50. The summed E-state index contributed by atoms with van der Waals surface area (Å²) >= 11 is 8.94. The molecule has 1 aromatic rings. The molecule has 2 heterocycles. The van der Waals surface area contributed by atoms with Crippen molar-refractivity contribution >= 4 is 33.4 Å². The van der Waals surface area contributed by atoms with E-state index in [1.807, 2.05) is 4.90 Å². The molecule has 0 bridgehead atoms. The Bertz CT molecular complexity index is 352. The van der Waals surface area contributed by atoms with E-state index in [1.165, 1.54) is 6.42 Å². The van der Waals surface area contributed by atoms with E-state index in [2.05, 4.69) is 15.9 Å².